The highest BCUT2D eigenvalue weighted by Gasteiger charge is 2.25. The second kappa shape index (κ2) is 6.96. The number of nitro benzene ring substituents is 1. The van der Waals surface area contributed by atoms with E-state index >= 15 is 0 Å². The van der Waals surface area contributed by atoms with E-state index in [1.807, 2.05) is 42.5 Å². The number of benzene rings is 3. The van der Waals surface area contributed by atoms with Crippen LogP contribution in [0, 0.1) is 10.1 Å². The molecule has 1 heterocycles. The molecule has 1 aliphatic heterocycles. The van der Waals surface area contributed by atoms with E-state index in [2.05, 4.69) is 4.99 Å². The Morgan fingerprint density at radius 1 is 1.11 bits per heavy atom. The normalized spacial score (nSPS) is 14.8. The van der Waals surface area contributed by atoms with E-state index in [9.17, 15) is 14.9 Å². The Labute approximate surface area is 159 Å². The Bertz CT molecular complexity index is 1180. The summed E-state index contributed by atoms with van der Waals surface area (Å²) in [6.07, 6.45) is 1.45. The summed E-state index contributed by atoms with van der Waals surface area (Å²) in [5.74, 6) is -0.265. The summed E-state index contributed by atoms with van der Waals surface area (Å²) >= 11 is 0. The number of esters is 1. The number of hydrogen-bond acceptors (Lipinski definition) is 6. The van der Waals surface area contributed by atoms with Crippen LogP contribution >= 0.6 is 0 Å². The van der Waals surface area contributed by atoms with E-state index in [1.54, 1.807) is 6.07 Å². The molecule has 0 fully saturated rings. The molecule has 0 aromatic heterocycles. The van der Waals surface area contributed by atoms with Gasteiger partial charge in [0.1, 0.15) is 0 Å². The highest BCUT2D eigenvalue weighted by molar-refractivity contribution is 6.17. The van der Waals surface area contributed by atoms with Crippen molar-refractivity contribution >= 4 is 34.4 Å². The number of carbonyl (C=O) groups excluding carboxylic acids is 1. The van der Waals surface area contributed by atoms with Crippen molar-refractivity contribution in [1.29, 1.82) is 0 Å². The maximum absolute atomic E-state index is 12.3. The minimum absolute atomic E-state index is 0.0717. The van der Waals surface area contributed by atoms with Crippen LogP contribution in [0.3, 0.4) is 0 Å². The minimum Gasteiger partial charge on any atom is -0.490 e. The predicted octanol–water partition coefficient (Wildman–Crippen LogP) is 4.10. The van der Waals surface area contributed by atoms with Crippen molar-refractivity contribution in [2.24, 2.45) is 4.99 Å². The van der Waals surface area contributed by atoms with E-state index in [0.717, 1.165) is 10.8 Å². The maximum Gasteiger partial charge on any atom is 0.363 e. The summed E-state index contributed by atoms with van der Waals surface area (Å²) < 4.78 is 10.3. The molecular formula is C21H14N2O5. The number of cyclic esters (lactones) is 1. The highest BCUT2D eigenvalue weighted by Crippen LogP contribution is 2.30. The van der Waals surface area contributed by atoms with Gasteiger partial charge >= 0.3 is 11.7 Å². The quantitative estimate of drug-likeness (QED) is 0.297. The van der Waals surface area contributed by atoms with Gasteiger partial charge in [-0.1, -0.05) is 42.5 Å². The SMILES string of the molecule is COc1ccc(/C=C2\N=C(c3cccc4ccccc34)OC2=O)cc1[N+](=O)[O-]. The Morgan fingerprint density at radius 2 is 1.89 bits per heavy atom. The lowest BCUT2D eigenvalue weighted by Gasteiger charge is -2.04. The number of fused-ring (bicyclic) bond motifs is 1. The summed E-state index contributed by atoms with van der Waals surface area (Å²) in [6.45, 7) is 0. The molecule has 0 unspecified atom stereocenters. The first kappa shape index (κ1) is 17.4. The van der Waals surface area contributed by atoms with Crippen LogP contribution in [0.5, 0.6) is 5.75 Å². The van der Waals surface area contributed by atoms with Crippen LogP contribution in [0.4, 0.5) is 5.69 Å². The molecule has 0 spiro atoms. The van der Waals surface area contributed by atoms with Crippen LogP contribution in [-0.2, 0) is 9.53 Å². The molecule has 28 heavy (non-hydrogen) atoms. The summed E-state index contributed by atoms with van der Waals surface area (Å²) in [5.41, 5.74) is 1.03. The average molecular weight is 374 g/mol. The lowest BCUT2D eigenvalue weighted by Crippen LogP contribution is -2.05. The molecule has 0 atom stereocenters. The van der Waals surface area contributed by atoms with Crippen molar-refractivity contribution in [3.05, 3.63) is 87.6 Å². The minimum atomic E-state index is -0.610. The van der Waals surface area contributed by atoms with Gasteiger partial charge < -0.3 is 9.47 Å². The van der Waals surface area contributed by atoms with Gasteiger partial charge in [-0.25, -0.2) is 9.79 Å². The van der Waals surface area contributed by atoms with E-state index in [0.29, 0.717) is 11.1 Å². The van der Waals surface area contributed by atoms with Gasteiger partial charge in [-0.2, -0.15) is 0 Å². The maximum atomic E-state index is 12.3. The molecule has 138 valence electrons. The van der Waals surface area contributed by atoms with Gasteiger partial charge in [0.15, 0.2) is 11.4 Å². The van der Waals surface area contributed by atoms with Crippen LogP contribution in [0.15, 0.2) is 71.4 Å². The molecule has 0 saturated carbocycles. The molecule has 3 aromatic rings. The number of aliphatic imine (C=N–C) groups is 1. The Morgan fingerprint density at radius 3 is 2.68 bits per heavy atom. The van der Waals surface area contributed by atoms with Gasteiger partial charge in [0.05, 0.1) is 12.0 Å². The second-order valence-electron chi connectivity index (χ2n) is 6.05. The molecule has 0 radical (unpaired) electrons. The first-order valence-corrected chi connectivity index (χ1v) is 8.40. The van der Waals surface area contributed by atoms with Crippen molar-refractivity contribution in [3.63, 3.8) is 0 Å². The van der Waals surface area contributed by atoms with Crippen LogP contribution in [0.25, 0.3) is 16.8 Å². The zero-order valence-corrected chi connectivity index (χ0v) is 14.8. The summed E-state index contributed by atoms with van der Waals surface area (Å²) in [7, 11) is 1.36. The van der Waals surface area contributed by atoms with Crippen molar-refractivity contribution in [3.8, 4) is 5.75 Å². The average Bonchev–Trinajstić information content (AvgIpc) is 3.07. The van der Waals surface area contributed by atoms with Crippen LogP contribution in [-0.4, -0.2) is 23.9 Å². The number of rotatable bonds is 4. The predicted molar refractivity (Wildman–Crippen MR) is 104 cm³/mol. The molecule has 0 bridgehead atoms. The first-order chi connectivity index (χ1) is 13.6. The van der Waals surface area contributed by atoms with Crippen molar-refractivity contribution in [2.45, 2.75) is 0 Å². The van der Waals surface area contributed by atoms with Gasteiger partial charge in [0, 0.05) is 11.6 Å². The number of hydrogen-bond donors (Lipinski definition) is 0. The lowest BCUT2D eigenvalue weighted by atomic mass is 10.0. The fourth-order valence-electron chi connectivity index (χ4n) is 3.03. The summed E-state index contributed by atoms with van der Waals surface area (Å²) in [6, 6.07) is 17.8. The number of nitro groups is 1. The van der Waals surface area contributed by atoms with Crippen LogP contribution < -0.4 is 4.74 Å². The monoisotopic (exact) mass is 374 g/mol. The van der Waals surface area contributed by atoms with E-state index in [-0.39, 0.29) is 23.0 Å². The van der Waals surface area contributed by atoms with Gasteiger partial charge in [-0.05, 0) is 34.5 Å². The van der Waals surface area contributed by atoms with E-state index in [4.69, 9.17) is 9.47 Å². The van der Waals surface area contributed by atoms with Gasteiger partial charge in [-0.3, -0.25) is 10.1 Å². The van der Waals surface area contributed by atoms with Crippen molar-refractivity contribution in [2.75, 3.05) is 7.11 Å². The fourth-order valence-corrected chi connectivity index (χ4v) is 3.03. The standard InChI is InChI=1S/C21H14N2O5/c1-27-19-10-9-13(12-18(19)23(25)26)11-17-21(24)28-20(22-17)16-8-4-6-14-5-2-3-7-15(14)16/h2-12H,1H3/b17-11-. The fraction of sp³-hybridized carbons (Fsp3) is 0.0476. The smallest absolute Gasteiger partial charge is 0.363 e. The van der Waals surface area contributed by atoms with Crippen molar-refractivity contribution in [1.82, 2.24) is 0 Å². The van der Waals surface area contributed by atoms with E-state index < -0.39 is 10.9 Å². The molecule has 0 aliphatic carbocycles. The zero-order chi connectivity index (χ0) is 19.7. The topological polar surface area (TPSA) is 91.0 Å². The first-order valence-electron chi connectivity index (χ1n) is 8.40. The molecule has 4 rings (SSSR count). The second-order valence-corrected chi connectivity index (χ2v) is 6.05. The third kappa shape index (κ3) is 3.09. The Kier molecular flexibility index (Phi) is 4.33. The molecule has 0 amide bonds. The highest BCUT2D eigenvalue weighted by atomic mass is 16.6. The third-order valence-electron chi connectivity index (χ3n) is 4.34. The summed E-state index contributed by atoms with van der Waals surface area (Å²) in [5, 5.41) is 13.1. The molecular weight excluding hydrogens is 360 g/mol. The number of ether oxygens (including phenoxy) is 2. The Balaban J connectivity index is 1.75. The van der Waals surface area contributed by atoms with Gasteiger partial charge in [0.25, 0.3) is 0 Å². The Hall–Kier alpha value is -4.00. The van der Waals surface area contributed by atoms with Gasteiger partial charge in [-0.15, -0.1) is 0 Å². The van der Waals surface area contributed by atoms with Crippen molar-refractivity contribution < 1.29 is 19.2 Å². The van der Waals surface area contributed by atoms with E-state index in [1.165, 1.54) is 25.3 Å². The number of methoxy groups -OCH3 is 1. The largest absolute Gasteiger partial charge is 0.490 e. The molecule has 0 N–H and O–H groups in total. The van der Waals surface area contributed by atoms with Crippen LogP contribution in [0.2, 0.25) is 0 Å². The molecule has 7 heteroatoms. The molecule has 7 nitrogen and oxygen atoms in total. The number of nitrogens with zero attached hydrogens (tertiary/aromatic N) is 2. The molecule has 1 aliphatic rings. The zero-order valence-electron chi connectivity index (χ0n) is 14.8. The molecule has 0 saturated heterocycles. The number of carbonyl (C=O) groups is 1. The lowest BCUT2D eigenvalue weighted by molar-refractivity contribution is -0.385. The van der Waals surface area contributed by atoms with Gasteiger partial charge in [0.2, 0.25) is 5.90 Å². The summed E-state index contributed by atoms with van der Waals surface area (Å²) in [4.78, 5) is 27.2. The third-order valence-corrected chi connectivity index (χ3v) is 4.34. The van der Waals surface area contributed by atoms with Crippen LogP contribution in [0.1, 0.15) is 11.1 Å². The molecule has 3 aromatic carbocycles.